The molecule has 2 heterocycles. The summed E-state index contributed by atoms with van der Waals surface area (Å²) >= 11 is 0. The van der Waals surface area contributed by atoms with Crippen molar-refractivity contribution in [2.45, 2.75) is 76.4 Å². The Morgan fingerprint density at radius 2 is 1.75 bits per heavy atom. The number of hydrogen-bond acceptors (Lipinski definition) is 3. The lowest BCUT2D eigenvalue weighted by molar-refractivity contribution is 0.0156. The van der Waals surface area contributed by atoms with Crippen LogP contribution in [0.25, 0.3) is 0 Å². The molecule has 1 aliphatic carbocycles. The van der Waals surface area contributed by atoms with Gasteiger partial charge in [-0.15, -0.1) is 0 Å². The summed E-state index contributed by atoms with van der Waals surface area (Å²) in [5, 5.41) is 3.81. The number of nitrogens with zero attached hydrogens (tertiary/aromatic N) is 2. The summed E-state index contributed by atoms with van der Waals surface area (Å²) in [4.78, 5) is 5.49. The molecule has 1 N–H and O–H groups in total. The SMILES string of the molecule is CC1CN2CCCCC2CN1CCNC1CCCCC1. The van der Waals surface area contributed by atoms with Crippen molar-refractivity contribution in [1.82, 2.24) is 15.1 Å². The molecule has 3 fully saturated rings. The van der Waals surface area contributed by atoms with Gasteiger partial charge in [0.1, 0.15) is 0 Å². The highest BCUT2D eigenvalue weighted by molar-refractivity contribution is 4.89. The average molecular weight is 279 g/mol. The lowest BCUT2D eigenvalue weighted by Gasteiger charge is -2.47. The van der Waals surface area contributed by atoms with Crippen LogP contribution in [0, 0.1) is 0 Å². The molecule has 0 aromatic carbocycles. The van der Waals surface area contributed by atoms with Gasteiger partial charge < -0.3 is 5.32 Å². The number of piperazine rings is 1. The largest absolute Gasteiger partial charge is 0.313 e. The van der Waals surface area contributed by atoms with Gasteiger partial charge in [0.15, 0.2) is 0 Å². The Hall–Kier alpha value is -0.120. The number of piperidine rings is 1. The third kappa shape index (κ3) is 3.75. The summed E-state index contributed by atoms with van der Waals surface area (Å²) in [6.45, 7) is 8.83. The van der Waals surface area contributed by atoms with E-state index in [1.54, 1.807) is 0 Å². The first-order valence-electron chi connectivity index (χ1n) is 9.04. The fourth-order valence-electron chi connectivity index (χ4n) is 4.44. The fraction of sp³-hybridized carbons (Fsp3) is 1.00. The molecule has 0 aromatic rings. The van der Waals surface area contributed by atoms with Crippen LogP contribution >= 0.6 is 0 Å². The summed E-state index contributed by atoms with van der Waals surface area (Å²) < 4.78 is 0. The second-order valence-electron chi connectivity index (χ2n) is 7.28. The first-order valence-corrected chi connectivity index (χ1v) is 9.04. The van der Waals surface area contributed by atoms with E-state index in [-0.39, 0.29) is 0 Å². The van der Waals surface area contributed by atoms with Crippen molar-refractivity contribution in [1.29, 1.82) is 0 Å². The van der Waals surface area contributed by atoms with Gasteiger partial charge in [-0.25, -0.2) is 0 Å². The molecular weight excluding hydrogens is 246 g/mol. The molecule has 2 aliphatic heterocycles. The average Bonchev–Trinajstić information content (AvgIpc) is 2.49. The molecule has 2 unspecified atom stereocenters. The van der Waals surface area contributed by atoms with Crippen LogP contribution in [-0.2, 0) is 0 Å². The van der Waals surface area contributed by atoms with Crippen LogP contribution in [0.5, 0.6) is 0 Å². The summed E-state index contributed by atoms with van der Waals surface area (Å²) in [5.41, 5.74) is 0. The van der Waals surface area contributed by atoms with Gasteiger partial charge in [-0.3, -0.25) is 9.80 Å². The van der Waals surface area contributed by atoms with Gasteiger partial charge in [0.05, 0.1) is 0 Å². The minimum Gasteiger partial charge on any atom is -0.313 e. The van der Waals surface area contributed by atoms with Crippen LogP contribution in [0.3, 0.4) is 0 Å². The van der Waals surface area contributed by atoms with Gasteiger partial charge in [-0.05, 0) is 39.2 Å². The number of fused-ring (bicyclic) bond motifs is 1. The van der Waals surface area contributed by atoms with E-state index in [4.69, 9.17) is 0 Å². The Bertz CT molecular complexity index is 288. The van der Waals surface area contributed by atoms with Gasteiger partial charge in [0.25, 0.3) is 0 Å². The third-order valence-corrected chi connectivity index (χ3v) is 5.75. The van der Waals surface area contributed by atoms with Gasteiger partial charge in [-0.1, -0.05) is 25.7 Å². The maximum Gasteiger partial charge on any atom is 0.0223 e. The maximum absolute atomic E-state index is 3.81. The molecule has 3 nitrogen and oxygen atoms in total. The molecule has 1 saturated carbocycles. The quantitative estimate of drug-likeness (QED) is 0.853. The molecule has 3 rings (SSSR count). The molecule has 2 atom stereocenters. The predicted molar refractivity (Wildman–Crippen MR) is 85.1 cm³/mol. The molecule has 2 saturated heterocycles. The second kappa shape index (κ2) is 7.24. The van der Waals surface area contributed by atoms with E-state index in [1.807, 2.05) is 0 Å². The van der Waals surface area contributed by atoms with Gasteiger partial charge >= 0.3 is 0 Å². The van der Waals surface area contributed by atoms with Crippen molar-refractivity contribution >= 4 is 0 Å². The highest BCUT2D eigenvalue weighted by Gasteiger charge is 2.32. The molecule has 0 spiro atoms. The molecule has 3 heteroatoms. The van der Waals surface area contributed by atoms with Crippen molar-refractivity contribution in [2.24, 2.45) is 0 Å². The third-order valence-electron chi connectivity index (χ3n) is 5.75. The van der Waals surface area contributed by atoms with Crippen molar-refractivity contribution < 1.29 is 0 Å². The standard InChI is InChI=1S/C17H33N3/c1-15-13-20-11-6-5-9-17(20)14-19(15)12-10-18-16-7-3-2-4-8-16/h15-18H,2-14H2,1H3. The van der Waals surface area contributed by atoms with E-state index in [0.717, 1.165) is 18.1 Å². The van der Waals surface area contributed by atoms with Crippen LogP contribution in [-0.4, -0.2) is 60.6 Å². The number of nitrogens with one attached hydrogen (secondary N) is 1. The van der Waals surface area contributed by atoms with E-state index in [9.17, 15) is 0 Å². The van der Waals surface area contributed by atoms with Crippen molar-refractivity contribution in [3.05, 3.63) is 0 Å². The Balaban J connectivity index is 1.40. The maximum atomic E-state index is 3.81. The van der Waals surface area contributed by atoms with Crippen LogP contribution in [0.1, 0.15) is 58.3 Å². The minimum atomic E-state index is 0.748. The van der Waals surface area contributed by atoms with Crippen LogP contribution in [0.4, 0.5) is 0 Å². The Morgan fingerprint density at radius 1 is 0.950 bits per heavy atom. The van der Waals surface area contributed by atoms with Gasteiger partial charge in [0.2, 0.25) is 0 Å². The van der Waals surface area contributed by atoms with E-state index >= 15 is 0 Å². The van der Waals surface area contributed by atoms with E-state index in [0.29, 0.717) is 0 Å². The second-order valence-corrected chi connectivity index (χ2v) is 7.28. The fourth-order valence-corrected chi connectivity index (χ4v) is 4.44. The molecule has 0 bridgehead atoms. The van der Waals surface area contributed by atoms with E-state index < -0.39 is 0 Å². The van der Waals surface area contributed by atoms with Crippen LogP contribution in [0.15, 0.2) is 0 Å². The number of hydrogen-bond donors (Lipinski definition) is 1. The monoisotopic (exact) mass is 279 g/mol. The smallest absolute Gasteiger partial charge is 0.0223 e. The first kappa shape index (κ1) is 14.8. The molecule has 3 aliphatic rings. The minimum absolute atomic E-state index is 0.748. The summed E-state index contributed by atoms with van der Waals surface area (Å²) in [6.07, 6.45) is 11.5. The zero-order chi connectivity index (χ0) is 13.8. The summed E-state index contributed by atoms with van der Waals surface area (Å²) in [7, 11) is 0. The lowest BCUT2D eigenvalue weighted by atomic mass is 9.95. The first-order chi connectivity index (χ1) is 9.83. The zero-order valence-corrected chi connectivity index (χ0v) is 13.3. The molecule has 116 valence electrons. The van der Waals surface area contributed by atoms with Gasteiger partial charge in [-0.2, -0.15) is 0 Å². The molecule has 20 heavy (non-hydrogen) atoms. The highest BCUT2D eigenvalue weighted by atomic mass is 15.3. The van der Waals surface area contributed by atoms with Gasteiger partial charge in [0, 0.05) is 44.3 Å². The molecule has 0 radical (unpaired) electrons. The van der Waals surface area contributed by atoms with E-state index in [1.165, 1.54) is 84.1 Å². The topological polar surface area (TPSA) is 18.5 Å². The Morgan fingerprint density at radius 3 is 2.60 bits per heavy atom. The van der Waals surface area contributed by atoms with Crippen LogP contribution in [0.2, 0.25) is 0 Å². The highest BCUT2D eigenvalue weighted by Crippen LogP contribution is 2.23. The van der Waals surface area contributed by atoms with E-state index in [2.05, 4.69) is 22.0 Å². The Labute approximate surface area is 125 Å². The normalized spacial score (nSPS) is 34.0. The predicted octanol–water partition coefficient (Wildman–Crippen LogP) is 2.47. The molecule has 0 amide bonds. The van der Waals surface area contributed by atoms with Crippen molar-refractivity contribution in [2.75, 3.05) is 32.7 Å². The number of rotatable bonds is 4. The molecular formula is C17H33N3. The zero-order valence-electron chi connectivity index (χ0n) is 13.3. The lowest BCUT2D eigenvalue weighted by Crippen LogP contribution is -2.59. The molecule has 0 aromatic heterocycles. The van der Waals surface area contributed by atoms with Crippen molar-refractivity contribution in [3.63, 3.8) is 0 Å². The summed E-state index contributed by atoms with van der Waals surface area (Å²) in [5.74, 6) is 0. The van der Waals surface area contributed by atoms with Crippen LogP contribution < -0.4 is 5.32 Å². The van der Waals surface area contributed by atoms with Crippen molar-refractivity contribution in [3.8, 4) is 0 Å². The summed E-state index contributed by atoms with van der Waals surface area (Å²) in [6, 6.07) is 2.42. The Kier molecular flexibility index (Phi) is 5.36.